The Labute approximate surface area is 131 Å². The van der Waals surface area contributed by atoms with Gasteiger partial charge in [0.1, 0.15) is 12.7 Å². The first-order chi connectivity index (χ1) is 10.4. The van der Waals surface area contributed by atoms with Crippen LogP contribution in [0.15, 0.2) is 30.3 Å². The van der Waals surface area contributed by atoms with Crippen LogP contribution in [0.2, 0.25) is 0 Å². The fourth-order valence-electron chi connectivity index (χ4n) is 2.09. The standard InChI is InChI=1S/C17H24O5/c1-17(2,3)16(19)21-11-14-13(18)9-15(22-14)20-10-12-7-5-4-6-8-12/h4-8,13-15,18H,9-11H2,1-3H3/t13-,14+,15+/m0/s1. The zero-order valence-electron chi connectivity index (χ0n) is 13.3. The third-order valence-corrected chi connectivity index (χ3v) is 3.46. The summed E-state index contributed by atoms with van der Waals surface area (Å²) in [7, 11) is 0. The number of carbonyl (C=O) groups is 1. The van der Waals surface area contributed by atoms with Gasteiger partial charge in [0.05, 0.1) is 18.1 Å². The topological polar surface area (TPSA) is 65.0 Å². The third kappa shape index (κ3) is 4.80. The highest BCUT2D eigenvalue weighted by Gasteiger charge is 2.36. The second-order valence-electron chi connectivity index (χ2n) is 6.55. The molecule has 0 radical (unpaired) electrons. The first-order valence-electron chi connectivity index (χ1n) is 7.52. The molecule has 1 aromatic rings. The van der Waals surface area contributed by atoms with Gasteiger partial charge in [0.2, 0.25) is 0 Å². The maximum atomic E-state index is 11.7. The number of esters is 1. The zero-order chi connectivity index (χ0) is 16.2. The first-order valence-corrected chi connectivity index (χ1v) is 7.52. The van der Waals surface area contributed by atoms with Gasteiger partial charge in [-0.2, -0.15) is 0 Å². The highest BCUT2D eigenvalue weighted by molar-refractivity contribution is 5.75. The van der Waals surface area contributed by atoms with E-state index in [2.05, 4.69) is 0 Å². The summed E-state index contributed by atoms with van der Waals surface area (Å²) < 4.78 is 16.4. The fourth-order valence-corrected chi connectivity index (χ4v) is 2.09. The van der Waals surface area contributed by atoms with E-state index in [0.717, 1.165) is 5.56 Å². The van der Waals surface area contributed by atoms with Crippen LogP contribution in [-0.2, 0) is 25.6 Å². The Morgan fingerprint density at radius 3 is 2.64 bits per heavy atom. The minimum Gasteiger partial charge on any atom is -0.462 e. The molecule has 0 bridgehead atoms. The first kappa shape index (κ1) is 16.9. The van der Waals surface area contributed by atoms with Crippen LogP contribution >= 0.6 is 0 Å². The van der Waals surface area contributed by atoms with Crippen molar-refractivity contribution in [1.29, 1.82) is 0 Å². The Kier molecular flexibility index (Phi) is 5.56. The van der Waals surface area contributed by atoms with Crippen molar-refractivity contribution in [2.45, 2.75) is 52.3 Å². The van der Waals surface area contributed by atoms with Gasteiger partial charge in [0, 0.05) is 6.42 Å². The van der Waals surface area contributed by atoms with Gasteiger partial charge in [-0.3, -0.25) is 4.79 Å². The van der Waals surface area contributed by atoms with Crippen molar-refractivity contribution in [3.8, 4) is 0 Å². The molecule has 22 heavy (non-hydrogen) atoms. The molecule has 5 heteroatoms. The highest BCUT2D eigenvalue weighted by Crippen LogP contribution is 2.24. The van der Waals surface area contributed by atoms with E-state index in [1.165, 1.54) is 0 Å². The number of aliphatic hydroxyl groups is 1. The van der Waals surface area contributed by atoms with Crippen LogP contribution in [-0.4, -0.2) is 36.2 Å². The zero-order valence-corrected chi connectivity index (χ0v) is 13.3. The largest absolute Gasteiger partial charge is 0.462 e. The predicted molar refractivity (Wildman–Crippen MR) is 80.9 cm³/mol. The molecule has 122 valence electrons. The van der Waals surface area contributed by atoms with Crippen LogP contribution < -0.4 is 0 Å². The second kappa shape index (κ2) is 7.22. The third-order valence-electron chi connectivity index (χ3n) is 3.46. The van der Waals surface area contributed by atoms with E-state index in [-0.39, 0.29) is 12.6 Å². The van der Waals surface area contributed by atoms with E-state index < -0.39 is 23.9 Å². The molecule has 5 nitrogen and oxygen atoms in total. The summed E-state index contributed by atoms with van der Waals surface area (Å²) in [4.78, 5) is 11.7. The summed E-state index contributed by atoms with van der Waals surface area (Å²) in [5, 5.41) is 9.98. The lowest BCUT2D eigenvalue weighted by Crippen LogP contribution is -2.31. The maximum absolute atomic E-state index is 11.7. The van der Waals surface area contributed by atoms with Gasteiger partial charge in [-0.1, -0.05) is 30.3 Å². The van der Waals surface area contributed by atoms with Crippen LogP contribution in [0.1, 0.15) is 32.8 Å². The molecule has 1 heterocycles. The summed E-state index contributed by atoms with van der Waals surface area (Å²) >= 11 is 0. The summed E-state index contributed by atoms with van der Waals surface area (Å²) in [6.07, 6.45) is -1.32. The van der Waals surface area contributed by atoms with Crippen molar-refractivity contribution in [3.63, 3.8) is 0 Å². The molecule has 0 aromatic heterocycles. The molecule has 0 spiro atoms. The van der Waals surface area contributed by atoms with Crippen molar-refractivity contribution >= 4 is 5.97 Å². The lowest BCUT2D eigenvalue weighted by atomic mass is 9.97. The fraction of sp³-hybridized carbons (Fsp3) is 0.588. The summed E-state index contributed by atoms with van der Waals surface area (Å²) in [5.41, 5.74) is 0.482. The number of rotatable bonds is 5. The molecule has 0 unspecified atom stereocenters. The highest BCUT2D eigenvalue weighted by atomic mass is 16.7. The van der Waals surface area contributed by atoms with E-state index in [1.54, 1.807) is 20.8 Å². The lowest BCUT2D eigenvalue weighted by molar-refractivity contribution is -0.171. The van der Waals surface area contributed by atoms with Gasteiger partial charge in [-0.05, 0) is 26.3 Å². The number of ether oxygens (including phenoxy) is 3. The van der Waals surface area contributed by atoms with E-state index in [0.29, 0.717) is 13.0 Å². The van der Waals surface area contributed by atoms with Crippen LogP contribution in [0.5, 0.6) is 0 Å². The molecule has 0 amide bonds. The molecule has 0 aliphatic carbocycles. The van der Waals surface area contributed by atoms with Gasteiger partial charge >= 0.3 is 5.97 Å². The molecular weight excluding hydrogens is 284 g/mol. The van der Waals surface area contributed by atoms with Crippen molar-refractivity contribution in [3.05, 3.63) is 35.9 Å². The molecule has 3 atom stereocenters. The Bertz CT molecular complexity index is 480. The van der Waals surface area contributed by atoms with Crippen molar-refractivity contribution in [1.82, 2.24) is 0 Å². The average molecular weight is 308 g/mol. The van der Waals surface area contributed by atoms with Gasteiger partial charge in [0.15, 0.2) is 6.29 Å². The van der Waals surface area contributed by atoms with E-state index in [1.807, 2.05) is 30.3 Å². The maximum Gasteiger partial charge on any atom is 0.311 e. The van der Waals surface area contributed by atoms with Crippen molar-refractivity contribution in [2.75, 3.05) is 6.61 Å². The predicted octanol–water partition coefficient (Wildman–Crippen LogP) is 2.27. The molecule has 1 N–H and O–H groups in total. The summed E-state index contributed by atoms with van der Waals surface area (Å²) in [6.45, 7) is 5.82. The Morgan fingerprint density at radius 1 is 1.32 bits per heavy atom. The van der Waals surface area contributed by atoms with Crippen LogP contribution in [0.25, 0.3) is 0 Å². The number of aliphatic hydroxyl groups excluding tert-OH is 1. The van der Waals surface area contributed by atoms with E-state index in [4.69, 9.17) is 14.2 Å². The average Bonchev–Trinajstić information content (AvgIpc) is 2.83. The quantitative estimate of drug-likeness (QED) is 0.845. The van der Waals surface area contributed by atoms with Gasteiger partial charge < -0.3 is 19.3 Å². The molecule has 2 rings (SSSR count). The molecule has 1 aliphatic heterocycles. The lowest BCUT2D eigenvalue weighted by Gasteiger charge is -2.20. The van der Waals surface area contributed by atoms with Crippen molar-refractivity contribution in [2.24, 2.45) is 5.41 Å². The molecule has 0 saturated carbocycles. The smallest absolute Gasteiger partial charge is 0.311 e. The number of carbonyl (C=O) groups excluding carboxylic acids is 1. The summed E-state index contributed by atoms with van der Waals surface area (Å²) in [5.74, 6) is -0.308. The van der Waals surface area contributed by atoms with Crippen LogP contribution in [0, 0.1) is 5.41 Å². The van der Waals surface area contributed by atoms with Crippen LogP contribution in [0.3, 0.4) is 0 Å². The molecule has 1 saturated heterocycles. The summed E-state index contributed by atoms with van der Waals surface area (Å²) in [6, 6.07) is 9.76. The minimum atomic E-state index is -0.687. The number of hydrogen-bond acceptors (Lipinski definition) is 5. The van der Waals surface area contributed by atoms with Gasteiger partial charge in [-0.15, -0.1) is 0 Å². The van der Waals surface area contributed by atoms with Crippen LogP contribution in [0.4, 0.5) is 0 Å². The van der Waals surface area contributed by atoms with Crippen molar-refractivity contribution < 1.29 is 24.1 Å². The molecule has 1 aliphatic rings. The SMILES string of the molecule is CC(C)(C)C(=O)OC[C@H]1O[C@@H](OCc2ccccc2)C[C@@H]1O. The molecular formula is C17H24O5. The Hall–Kier alpha value is -1.43. The second-order valence-corrected chi connectivity index (χ2v) is 6.55. The molecule has 1 fully saturated rings. The van der Waals surface area contributed by atoms with E-state index in [9.17, 15) is 9.90 Å². The van der Waals surface area contributed by atoms with E-state index >= 15 is 0 Å². The van der Waals surface area contributed by atoms with Gasteiger partial charge in [0.25, 0.3) is 0 Å². The number of hydrogen-bond donors (Lipinski definition) is 1. The normalized spacial score (nSPS) is 25.2. The Morgan fingerprint density at radius 2 is 2.00 bits per heavy atom. The van der Waals surface area contributed by atoms with Gasteiger partial charge in [-0.25, -0.2) is 0 Å². The molecule has 1 aromatic carbocycles. The number of benzene rings is 1. The minimum absolute atomic E-state index is 0.0441. The Balaban J connectivity index is 1.76. The monoisotopic (exact) mass is 308 g/mol.